The van der Waals surface area contributed by atoms with E-state index in [2.05, 4.69) is 10.3 Å². The summed E-state index contributed by atoms with van der Waals surface area (Å²) in [4.78, 5) is 44.4. The molecule has 1 aromatic carbocycles. The topological polar surface area (TPSA) is 119 Å². The number of amides is 1. The number of benzene rings is 1. The van der Waals surface area contributed by atoms with Gasteiger partial charge in [-0.1, -0.05) is 48.9 Å². The van der Waals surface area contributed by atoms with Crippen molar-refractivity contribution in [1.29, 1.82) is 0 Å². The van der Waals surface area contributed by atoms with Crippen molar-refractivity contribution in [2.75, 3.05) is 0 Å². The first-order valence-electron chi connectivity index (χ1n) is 13.9. The first kappa shape index (κ1) is 27.3. The number of fused-ring (bicyclic) bond motifs is 1. The quantitative estimate of drug-likeness (QED) is 0.346. The average molecular weight is 531 g/mol. The molecule has 7 atom stereocenters. The number of rotatable bonds is 2. The lowest BCUT2D eigenvalue weighted by atomic mass is 9.54. The molecule has 206 valence electrons. The first-order chi connectivity index (χ1) is 18.6. The number of hydrogen-bond acceptors (Lipinski definition) is 5. The number of nitrogens with one attached hydrogen (secondary N) is 2. The Labute approximate surface area is 229 Å². The van der Waals surface area contributed by atoms with Crippen LogP contribution in [0, 0.1) is 23.2 Å². The van der Waals surface area contributed by atoms with Crippen molar-refractivity contribution in [2.24, 2.45) is 23.2 Å². The van der Waals surface area contributed by atoms with Crippen LogP contribution in [-0.4, -0.2) is 50.9 Å². The highest BCUT2D eigenvalue weighted by molar-refractivity contribution is 6.10. The lowest BCUT2D eigenvalue weighted by Crippen LogP contribution is -2.55. The Morgan fingerprint density at radius 1 is 1.05 bits per heavy atom. The lowest BCUT2D eigenvalue weighted by molar-refractivity contribution is -0.148. The molecule has 2 aliphatic carbocycles. The van der Waals surface area contributed by atoms with Crippen LogP contribution in [0.1, 0.15) is 52.5 Å². The van der Waals surface area contributed by atoms with E-state index >= 15 is 0 Å². The third-order valence-electron chi connectivity index (χ3n) is 9.28. The third-order valence-corrected chi connectivity index (χ3v) is 9.28. The minimum Gasteiger partial charge on any atom is -0.388 e. The molecule has 1 saturated heterocycles. The van der Waals surface area contributed by atoms with E-state index in [4.69, 9.17) is 0 Å². The van der Waals surface area contributed by atoms with Gasteiger partial charge in [0.1, 0.15) is 17.3 Å². The maximum Gasteiger partial charge on any atom is 0.235 e. The van der Waals surface area contributed by atoms with E-state index < -0.39 is 35.2 Å². The van der Waals surface area contributed by atoms with Crippen molar-refractivity contribution < 1.29 is 24.6 Å². The molecule has 1 aliphatic heterocycles. The summed E-state index contributed by atoms with van der Waals surface area (Å²) in [6, 6.07) is 7.63. The van der Waals surface area contributed by atoms with Crippen LogP contribution in [0.15, 0.2) is 65.4 Å². The molecule has 0 saturated carbocycles. The molecule has 39 heavy (non-hydrogen) atoms. The monoisotopic (exact) mass is 530 g/mol. The Bertz CT molecular complexity index is 1410. The SMILES string of the molecule is CC1=C(C)[C@H]2[C@H](Cc3c[nH]c4ccccc34)NC(=O)[C@]23C(=O)CC[C@H](O)C(=O)/C(C)=C/[C@@H](C)C/C=C\[C@H]3[C@@H]1O. The number of aromatic nitrogens is 1. The lowest BCUT2D eigenvalue weighted by Gasteiger charge is -2.46. The normalized spacial score (nSPS) is 36.3. The Hall–Kier alpha value is -3.29. The minimum atomic E-state index is -1.53. The van der Waals surface area contributed by atoms with Crippen molar-refractivity contribution in [3.8, 4) is 0 Å². The summed E-state index contributed by atoms with van der Waals surface area (Å²) in [5.41, 5.74) is 2.61. The van der Waals surface area contributed by atoms with Crippen LogP contribution in [0.2, 0.25) is 0 Å². The summed E-state index contributed by atoms with van der Waals surface area (Å²) in [5, 5.41) is 26.4. The van der Waals surface area contributed by atoms with Gasteiger partial charge >= 0.3 is 0 Å². The van der Waals surface area contributed by atoms with Gasteiger partial charge in [0.15, 0.2) is 5.78 Å². The predicted octanol–water partition coefficient (Wildman–Crippen LogP) is 3.96. The van der Waals surface area contributed by atoms with E-state index in [9.17, 15) is 24.6 Å². The van der Waals surface area contributed by atoms with Gasteiger partial charge in [-0.2, -0.15) is 0 Å². The zero-order valence-electron chi connectivity index (χ0n) is 23.0. The molecule has 0 bridgehead atoms. The number of ketones is 2. The van der Waals surface area contributed by atoms with E-state index in [1.165, 1.54) is 0 Å². The number of hydrogen-bond donors (Lipinski definition) is 4. The molecule has 3 aliphatic rings. The summed E-state index contributed by atoms with van der Waals surface area (Å²) in [5.74, 6) is -2.34. The summed E-state index contributed by atoms with van der Waals surface area (Å²) in [6.45, 7) is 7.45. The van der Waals surface area contributed by atoms with Crippen molar-refractivity contribution in [1.82, 2.24) is 10.3 Å². The molecule has 0 unspecified atom stereocenters. The van der Waals surface area contributed by atoms with Gasteiger partial charge < -0.3 is 20.5 Å². The maximum atomic E-state index is 14.2. The zero-order valence-corrected chi connectivity index (χ0v) is 23.0. The fourth-order valence-electron chi connectivity index (χ4n) is 7.16. The van der Waals surface area contributed by atoms with E-state index in [0.717, 1.165) is 27.6 Å². The summed E-state index contributed by atoms with van der Waals surface area (Å²) >= 11 is 0. The molecule has 7 nitrogen and oxygen atoms in total. The highest BCUT2D eigenvalue weighted by Crippen LogP contribution is 2.55. The van der Waals surface area contributed by atoms with E-state index in [1.807, 2.05) is 69.5 Å². The van der Waals surface area contributed by atoms with Crippen LogP contribution < -0.4 is 5.32 Å². The van der Waals surface area contributed by atoms with Gasteiger partial charge in [-0.25, -0.2) is 0 Å². The molecule has 1 amide bonds. The Balaban J connectivity index is 1.61. The Morgan fingerprint density at radius 3 is 2.56 bits per heavy atom. The molecular formula is C32H38N2O5. The number of carbonyl (C=O) groups excluding carboxylic acids is 3. The fourth-order valence-corrected chi connectivity index (χ4v) is 7.16. The van der Waals surface area contributed by atoms with Crippen LogP contribution in [0.25, 0.3) is 10.9 Å². The summed E-state index contributed by atoms with van der Waals surface area (Å²) in [7, 11) is 0. The molecule has 4 N–H and O–H groups in total. The van der Waals surface area contributed by atoms with Crippen LogP contribution in [0.4, 0.5) is 0 Å². The minimum absolute atomic E-state index is 0.00624. The molecular weight excluding hydrogens is 492 g/mol. The number of aliphatic hydroxyl groups excluding tert-OH is 2. The molecule has 1 aromatic heterocycles. The predicted molar refractivity (Wildman–Crippen MR) is 150 cm³/mol. The number of H-pyrrole nitrogens is 1. The van der Waals surface area contributed by atoms with E-state index in [-0.39, 0.29) is 36.5 Å². The van der Waals surface area contributed by atoms with Crippen molar-refractivity contribution in [2.45, 2.75) is 71.6 Å². The highest BCUT2D eigenvalue weighted by atomic mass is 16.3. The molecule has 7 heteroatoms. The Morgan fingerprint density at radius 2 is 1.79 bits per heavy atom. The number of allylic oxidation sites excluding steroid dienone is 2. The van der Waals surface area contributed by atoms with Gasteiger partial charge in [0.05, 0.1) is 6.10 Å². The highest BCUT2D eigenvalue weighted by Gasteiger charge is 2.66. The van der Waals surface area contributed by atoms with Crippen LogP contribution in [0.3, 0.4) is 0 Å². The maximum absolute atomic E-state index is 14.2. The van der Waals surface area contributed by atoms with E-state index in [1.54, 1.807) is 6.92 Å². The molecule has 0 radical (unpaired) electrons. The van der Waals surface area contributed by atoms with Crippen LogP contribution >= 0.6 is 0 Å². The second-order valence-electron chi connectivity index (χ2n) is 11.7. The van der Waals surface area contributed by atoms with Gasteiger partial charge in [0.25, 0.3) is 0 Å². The summed E-state index contributed by atoms with van der Waals surface area (Å²) < 4.78 is 0. The van der Waals surface area contributed by atoms with Gasteiger partial charge in [0, 0.05) is 41.4 Å². The number of aliphatic hydroxyl groups is 2. The van der Waals surface area contributed by atoms with Gasteiger partial charge in [-0.3, -0.25) is 14.4 Å². The standard InChI is InChI=1S/C32H38N2O5/c1-17-8-7-10-23-30(38)20(4)19(3)28-25(15-21-16-33-24-11-6-5-9-22(21)24)34-31(39)32(23,28)27(36)13-12-26(35)29(37)18(2)14-17/h5-7,9-11,14,16-17,23,25-26,28,30,33,35,38H,8,12-13,15H2,1-4H3,(H,34,39)/b10-7-,18-14+/t17-,23-,25-,26-,28-,30+,32+/m0/s1. The van der Waals surface area contributed by atoms with Crippen molar-refractivity contribution in [3.63, 3.8) is 0 Å². The van der Waals surface area contributed by atoms with Gasteiger partial charge in [0.2, 0.25) is 5.91 Å². The molecule has 1 fully saturated rings. The van der Waals surface area contributed by atoms with Gasteiger partial charge in [-0.05, 0) is 68.7 Å². The zero-order chi connectivity index (χ0) is 28.1. The average Bonchev–Trinajstić information content (AvgIpc) is 3.45. The number of para-hydroxylation sites is 1. The number of carbonyl (C=O) groups is 3. The van der Waals surface area contributed by atoms with Crippen LogP contribution in [0.5, 0.6) is 0 Å². The number of Topliss-reactive ketones (excluding diaryl/α,β-unsaturated/α-hetero) is 2. The first-order valence-corrected chi connectivity index (χ1v) is 13.9. The fraction of sp³-hybridized carbons (Fsp3) is 0.469. The van der Waals surface area contributed by atoms with E-state index in [0.29, 0.717) is 18.4 Å². The summed E-state index contributed by atoms with van der Waals surface area (Å²) in [6.07, 6.45) is 6.11. The molecule has 1 spiro atoms. The van der Waals surface area contributed by atoms with Crippen LogP contribution in [-0.2, 0) is 20.8 Å². The number of aromatic amines is 1. The smallest absolute Gasteiger partial charge is 0.235 e. The molecule has 5 rings (SSSR count). The molecule has 2 heterocycles. The van der Waals surface area contributed by atoms with Gasteiger partial charge in [-0.15, -0.1) is 0 Å². The van der Waals surface area contributed by atoms with Crippen molar-refractivity contribution >= 4 is 28.4 Å². The second kappa shape index (κ2) is 10.4. The largest absolute Gasteiger partial charge is 0.388 e. The third kappa shape index (κ3) is 4.42. The Kier molecular flexibility index (Phi) is 7.25. The second-order valence-corrected chi connectivity index (χ2v) is 11.7. The molecule has 2 aromatic rings. The van der Waals surface area contributed by atoms with Crippen molar-refractivity contribution in [3.05, 3.63) is 71.0 Å².